The number of nitrogens with zero attached hydrogens (tertiary/aromatic N) is 1. The highest BCUT2D eigenvalue weighted by Crippen LogP contribution is 2.18. The van der Waals surface area contributed by atoms with Gasteiger partial charge in [0.1, 0.15) is 5.03 Å². The Hall–Kier alpha value is -1.02. The lowest BCUT2D eigenvalue weighted by Crippen LogP contribution is -1.88. The average Bonchev–Trinajstić information content (AvgIpc) is 2.18. The fourth-order valence-corrected chi connectivity index (χ4v) is 2.04. The maximum atomic E-state index is 4.23. The number of thioether (sulfide) groups is 1. The van der Waals surface area contributed by atoms with E-state index in [1.54, 1.807) is 11.8 Å². The largest absolute Gasteiger partial charge is 0.250 e. The lowest BCUT2D eigenvalue weighted by molar-refractivity contribution is 0.719. The van der Waals surface area contributed by atoms with Crippen LogP contribution in [0.25, 0.3) is 0 Å². The Bertz CT molecular complexity index is 330. The highest BCUT2D eigenvalue weighted by molar-refractivity contribution is 8.02. The molecule has 0 N–H and O–H groups in total. The summed E-state index contributed by atoms with van der Waals surface area (Å²) in [6, 6.07) is 5.94. The third kappa shape index (κ3) is 5.43. The monoisotopic (exact) mass is 219 g/mol. The molecule has 0 aliphatic carbocycles. The Morgan fingerprint density at radius 2 is 2.40 bits per heavy atom. The first-order valence-corrected chi connectivity index (χ1v) is 5.95. The van der Waals surface area contributed by atoms with Gasteiger partial charge in [-0.15, -0.1) is 6.58 Å². The maximum absolute atomic E-state index is 4.23. The minimum Gasteiger partial charge on any atom is -0.250 e. The Kier molecular flexibility index (Phi) is 5.19. The van der Waals surface area contributed by atoms with E-state index in [0.29, 0.717) is 5.92 Å². The van der Waals surface area contributed by atoms with Crippen molar-refractivity contribution in [3.05, 3.63) is 48.0 Å². The number of rotatable bonds is 5. The molecule has 0 bridgehead atoms. The topological polar surface area (TPSA) is 12.9 Å². The van der Waals surface area contributed by atoms with Gasteiger partial charge in [-0.2, -0.15) is 0 Å². The molecule has 1 rings (SSSR count). The van der Waals surface area contributed by atoms with Crippen LogP contribution in [0.3, 0.4) is 0 Å². The van der Waals surface area contributed by atoms with Crippen molar-refractivity contribution < 1.29 is 0 Å². The van der Waals surface area contributed by atoms with Gasteiger partial charge in [0, 0.05) is 6.20 Å². The Balaban J connectivity index is 2.36. The van der Waals surface area contributed by atoms with Crippen molar-refractivity contribution in [2.24, 2.45) is 5.92 Å². The molecule has 0 aromatic carbocycles. The molecule has 0 fully saturated rings. The summed E-state index contributed by atoms with van der Waals surface area (Å²) in [5.41, 5.74) is 1.23. The maximum Gasteiger partial charge on any atom is 0.100 e. The van der Waals surface area contributed by atoms with Crippen molar-refractivity contribution in [1.82, 2.24) is 4.98 Å². The molecular weight excluding hydrogens is 202 g/mol. The Labute approximate surface area is 96.3 Å². The number of pyridine rings is 1. The molecule has 0 amide bonds. The first-order valence-electron chi connectivity index (χ1n) is 5.07. The predicted molar refractivity (Wildman–Crippen MR) is 67.8 cm³/mol. The van der Waals surface area contributed by atoms with Gasteiger partial charge in [0.05, 0.1) is 0 Å². The molecule has 80 valence electrons. The van der Waals surface area contributed by atoms with Gasteiger partial charge in [-0.3, -0.25) is 0 Å². The van der Waals surface area contributed by atoms with Crippen LogP contribution < -0.4 is 0 Å². The van der Waals surface area contributed by atoms with E-state index in [1.165, 1.54) is 5.57 Å². The molecule has 0 saturated heterocycles. The summed E-state index contributed by atoms with van der Waals surface area (Å²) in [6.45, 7) is 8.17. The second-order valence-corrected chi connectivity index (χ2v) is 4.68. The van der Waals surface area contributed by atoms with Gasteiger partial charge in [0.25, 0.3) is 0 Å². The standard InChI is InChI=1S/C13H17NS/c1-11(2)10-12(3)7-9-15-13-6-4-5-8-14-13/h4-9,12H,1,10H2,2-3H3/b9-7-. The summed E-state index contributed by atoms with van der Waals surface area (Å²) in [7, 11) is 0. The Morgan fingerprint density at radius 1 is 1.60 bits per heavy atom. The zero-order valence-electron chi connectivity index (χ0n) is 9.31. The van der Waals surface area contributed by atoms with E-state index in [1.807, 2.05) is 24.4 Å². The summed E-state index contributed by atoms with van der Waals surface area (Å²) < 4.78 is 0. The molecule has 0 radical (unpaired) electrons. The van der Waals surface area contributed by atoms with Gasteiger partial charge in [-0.05, 0) is 36.8 Å². The normalized spacial score (nSPS) is 12.9. The van der Waals surface area contributed by atoms with Crippen LogP contribution in [0.2, 0.25) is 0 Å². The number of allylic oxidation sites excluding steroid dienone is 2. The Morgan fingerprint density at radius 3 is 3.00 bits per heavy atom. The summed E-state index contributed by atoms with van der Waals surface area (Å²) in [6.07, 6.45) is 5.07. The van der Waals surface area contributed by atoms with Crippen LogP contribution >= 0.6 is 11.8 Å². The van der Waals surface area contributed by atoms with E-state index in [4.69, 9.17) is 0 Å². The third-order valence-corrected chi connectivity index (χ3v) is 2.68. The van der Waals surface area contributed by atoms with E-state index in [2.05, 4.69) is 36.9 Å². The van der Waals surface area contributed by atoms with Crippen LogP contribution in [0.15, 0.2) is 53.1 Å². The van der Waals surface area contributed by atoms with Gasteiger partial charge in [-0.1, -0.05) is 36.4 Å². The van der Waals surface area contributed by atoms with Crippen LogP contribution in [0.4, 0.5) is 0 Å². The number of hydrogen-bond acceptors (Lipinski definition) is 2. The molecule has 1 atom stereocenters. The molecule has 1 nitrogen and oxygen atoms in total. The van der Waals surface area contributed by atoms with Crippen LogP contribution in [0.1, 0.15) is 20.3 Å². The summed E-state index contributed by atoms with van der Waals surface area (Å²) in [5.74, 6) is 0.554. The van der Waals surface area contributed by atoms with E-state index < -0.39 is 0 Å². The molecule has 1 aromatic rings. The van der Waals surface area contributed by atoms with E-state index in [0.717, 1.165) is 11.4 Å². The average molecular weight is 219 g/mol. The summed E-state index contributed by atoms with van der Waals surface area (Å²) in [5, 5.41) is 3.15. The smallest absolute Gasteiger partial charge is 0.100 e. The van der Waals surface area contributed by atoms with Gasteiger partial charge < -0.3 is 0 Å². The van der Waals surface area contributed by atoms with Crippen LogP contribution in [-0.2, 0) is 0 Å². The molecule has 0 spiro atoms. The van der Waals surface area contributed by atoms with Crippen molar-refractivity contribution in [3.63, 3.8) is 0 Å². The predicted octanol–water partition coefficient (Wildman–Crippen LogP) is 4.29. The molecule has 0 aliphatic heterocycles. The van der Waals surface area contributed by atoms with Gasteiger partial charge >= 0.3 is 0 Å². The molecule has 1 unspecified atom stereocenters. The highest BCUT2D eigenvalue weighted by atomic mass is 32.2. The van der Waals surface area contributed by atoms with Gasteiger partial charge in [0.15, 0.2) is 0 Å². The molecule has 0 saturated carbocycles. The van der Waals surface area contributed by atoms with Gasteiger partial charge in [0.2, 0.25) is 0 Å². The van der Waals surface area contributed by atoms with Gasteiger partial charge in [-0.25, -0.2) is 4.98 Å². The van der Waals surface area contributed by atoms with Crippen LogP contribution in [0.5, 0.6) is 0 Å². The van der Waals surface area contributed by atoms with Crippen molar-refractivity contribution in [1.29, 1.82) is 0 Å². The van der Waals surface area contributed by atoms with Crippen molar-refractivity contribution in [2.45, 2.75) is 25.3 Å². The summed E-state index contributed by atoms with van der Waals surface area (Å²) in [4.78, 5) is 4.23. The SMILES string of the molecule is C=C(C)CC(C)/C=C\Sc1ccccn1. The third-order valence-electron chi connectivity index (χ3n) is 1.90. The van der Waals surface area contributed by atoms with Crippen molar-refractivity contribution >= 4 is 11.8 Å². The molecule has 0 aliphatic rings. The fraction of sp³-hybridized carbons (Fsp3) is 0.308. The highest BCUT2D eigenvalue weighted by Gasteiger charge is 1.96. The second-order valence-electron chi connectivity index (χ2n) is 3.75. The number of hydrogen-bond donors (Lipinski definition) is 0. The fourth-order valence-electron chi connectivity index (χ4n) is 1.28. The lowest BCUT2D eigenvalue weighted by Gasteiger charge is -2.04. The molecule has 1 aromatic heterocycles. The quantitative estimate of drug-likeness (QED) is 0.541. The lowest BCUT2D eigenvalue weighted by atomic mass is 10.0. The van der Waals surface area contributed by atoms with E-state index in [-0.39, 0.29) is 0 Å². The first-order chi connectivity index (χ1) is 7.18. The second kappa shape index (κ2) is 6.46. The molecule has 2 heteroatoms. The van der Waals surface area contributed by atoms with E-state index >= 15 is 0 Å². The first kappa shape index (κ1) is 12.1. The van der Waals surface area contributed by atoms with Crippen LogP contribution in [-0.4, -0.2) is 4.98 Å². The number of aromatic nitrogens is 1. The summed E-state index contributed by atoms with van der Waals surface area (Å²) >= 11 is 1.65. The van der Waals surface area contributed by atoms with Crippen LogP contribution in [0, 0.1) is 5.92 Å². The molecular formula is C13H17NS. The van der Waals surface area contributed by atoms with Crippen molar-refractivity contribution in [2.75, 3.05) is 0 Å². The molecule has 1 heterocycles. The van der Waals surface area contributed by atoms with E-state index in [9.17, 15) is 0 Å². The van der Waals surface area contributed by atoms with Crippen molar-refractivity contribution in [3.8, 4) is 0 Å². The zero-order valence-corrected chi connectivity index (χ0v) is 10.1. The molecule has 15 heavy (non-hydrogen) atoms. The minimum atomic E-state index is 0.554. The minimum absolute atomic E-state index is 0.554. The zero-order chi connectivity index (χ0) is 11.1.